The second kappa shape index (κ2) is 7.92. The van der Waals surface area contributed by atoms with Crippen molar-refractivity contribution < 1.29 is 0 Å². The van der Waals surface area contributed by atoms with E-state index in [2.05, 4.69) is 135 Å². The minimum atomic E-state index is 0.00616. The number of benzene rings is 5. The summed E-state index contributed by atoms with van der Waals surface area (Å²) in [6, 6.07) is 41.5. The minimum Gasteiger partial charge on any atom is -0.309 e. The molecule has 0 saturated carbocycles. The number of hydrogen-bond donors (Lipinski definition) is 1. The van der Waals surface area contributed by atoms with Crippen molar-refractivity contribution in [1.29, 1.82) is 0 Å². The molecular weight excluding hydrogens is 452 g/mol. The topological polar surface area (TPSA) is 34.2 Å². The van der Waals surface area contributed by atoms with Gasteiger partial charge in [0.2, 0.25) is 0 Å². The van der Waals surface area contributed by atoms with Gasteiger partial charge in [-0.25, -0.2) is 0 Å². The molecule has 0 bridgehead atoms. The molecule has 0 fully saturated rings. The number of fused-ring (bicyclic) bond motifs is 7. The van der Waals surface area contributed by atoms with Crippen LogP contribution in [0.4, 0.5) is 0 Å². The molecule has 3 heterocycles. The molecule has 2 aromatic heterocycles. The van der Waals surface area contributed by atoms with Gasteiger partial charge in [-0.15, -0.1) is 0 Å². The van der Waals surface area contributed by atoms with E-state index in [-0.39, 0.29) is 6.17 Å². The average Bonchev–Trinajstić information content (AvgIpc) is 3.68. The van der Waals surface area contributed by atoms with Crippen LogP contribution in [0.2, 0.25) is 0 Å². The van der Waals surface area contributed by atoms with Crippen molar-refractivity contribution in [3.63, 3.8) is 0 Å². The summed E-state index contributed by atoms with van der Waals surface area (Å²) in [6.45, 7) is 0.810. The molecule has 7 aromatic rings. The molecule has 1 aliphatic rings. The van der Waals surface area contributed by atoms with Crippen LogP contribution in [0.15, 0.2) is 120 Å². The maximum absolute atomic E-state index is 4.65. The first-order valence-electron chi connectivity index (χ1n) is 12.7. The highest BCUT2D eigenvalue weighted by molar-refractivity contribution is 6.28. The standard InChI is InChI=1S/C33H24N4/c1-3-9-23(10-4-1)36-27-14-8-7-13-25(27)31-28(36)17-18-29-32(31)26-16-15-22(33-34-19-20-35-33)21-30(26)37(29)24-11-5-2-6-12-24/h1-19,21,33,35H,20H2. The van der Waals surface area contributed by atoms with Gasteiger partial charge in [-0.1, -0.05) is 66.7 Å². The highest BCUT2D eigenvalue weighted by atomic mass is 15.1. The van der Waals surface area contributed by atoms with Gasteiger partial charge in [-0.05, 0) is 54.1 Å². The largest absolute Gasteiger partial charge is 0.309 e. The number of nitrogens with one attached hydrogen (secondary N) is 1. The zero-order chi connectivity index (χ0) is 24.3. The lowest BCUT2D eigenvalue weighted by Gasteiger charge is -2.11. The van der Waals surface area contributed by atoms with Crippen molar-refractivity contribution >= 4 is 49.8 Å². The molecule has 1 unspecified atom stereocenters. The van der Waals surface area contributed by atoms with Crippen molar-refractivity contribution in [2.24, 2.45) is 4.99 Å². The monoisotopic (exact) mass is 476 g/mol. The molecule has 4 heteroatoms. The number of para-hydroxylation sites is 3. The Morgan fingerprint density at radius 1 is 0.568 bits per heavy atom. The van der Waals surface area contributed by atoms with Crippen LogP contribution in [-0.2, 0) is 0 Å². The molecule has 1 aliphatic heterocycles. The summed E-state index contributed by atoms with van der Waals surface area (Å²) in [6.07, 6.45) is 1.97. The van der Waals surface area contributed by atoms with Crippen LogP contribution in [0.1, 0.15) is 11.7 Å². The summed E-state index contributed by atoms with van der Waals surface area (Å²) in [5.41, 5.74) is 8.37. The smallest absolute Gasteiger partial charge is 0.125 e. The lowest BCUT2D eigenvalue weighted by Crippen LogP contribution is -2.14. The van der Waals surface area contributed by atoms with E-state index >= 15 is 0 Å². The van der Waals surface area contributed by atoms with Crippen molar-refractivity contribution in [2.75, 3.05) is 6.54 Å². The summed E-state index contributed by atoms with van der Waals surface area (Å²) in [4.78, 5) is 4.65. The van der Waals surface area contributed by atoms with Gasteiger partial charge < -0.3 is 9.13 Å². The van der Waals surface area contributed by atoms with Crippen LogP contribution >= 0.6 is 0 Å². The zero-order valence-corrected chi connectivity index (χ0v) is 20.2. The molecule has 4 nitrogen and oxygen atoms in total. The Balaban J connectivity index is 1.56. The molecule has 0 aliphatic carbocycles. The fourth-order valence-electron chi connectivity index (χ4n) is 6.04. The second-order valence-electron chi connectivity index (χ2n) is 9.63. The SMILES string of the molecule is C1=NC(c2ccc3c4c5c6ccccc6n(-c6ccccc6)c5ccc4n(-c4ccccc4)c3c2)NC1. The molecule has 0 amide bonds. The van der Waals surface area contributed by atoms with Crippen LogP contribution in [0.25, 0.3) is 55.0 Å². The summed E-state index contributed by atoms with van der Waals surface area (Å²) < 4.78 is 4.79. The van der Waals surface area contributed by atoms with Gasteiger partial charge in [0.15, 0.2) is 0 Å². The van der Waals surface area contributed by atoms with Crippen molar-refractivity contribution in [2.45, 2.75) is 6.17 Å². The summed E-state index contributed by atoms with van der Waals surface area (Å²) in [5.74, 6) is 0. The molecule has 0 radical (unpaired) electrons. The first-order chi connectivity index (χ1) is 18.4. The predicted molar refractivity (Wildman–Crippen MR) is 154 cm³/mol. The highest BCUT2D eigenvalue weighted by Gasteiger charge is 2.21. The Labute approximate surface area is 214 Å². The predicted octanol–water partition coefficient (Wildman–Crippen LogP) is 7.55. The Hall–Kier alpha value is -4.67. The van der Waals surface area contributed by atoms with Crippen LogP contribution in [-0.4, -0.2) is 21.9 Å². The van der Waals surface area contributed by atoms with Gasteiger partial charge in [0.05, 0.1) is 22.1 Å². The fraction of sp³-hybridized carbons (Fsp3) is 0.0606. The lowest BCUT2D eigenvalue weighted by molar-refractivity contribution is 0.644. The Morgan fingerprint density at radius 3 is 1.81 bits per heavy atom. The second-order valence-corrected chi connectivity index (χ2v) is 9.63. The quantitative estimate of drug-likeness (QED) is 0.281. The minimum absolute atomic E-state index is 0.00616. The van der Waals surface area contributed by atoms with Crippen LogP contribution in [0.3, 0.4) is 0 Å². The fourth-order valence-corrected chi connectivity index (χ4v) is 6.04. The Bertz CT molecular complexity index is 1980. The third-order valence-electron chi connectivity index (χ3n) is 7.59. The summed E-state index contributed by atoms with van der Waals surface area (Å²) in [5, 5.41) is 8.58. The van der Waals surface area contributed by atoms with E-state index in [1.807, 2.05) is 6.21 Å². The van der Waals surface area contributed by atoms with E-state index in [9.17, 15) is 0 Å². The van der Waals surface area contributed by atoms with E-state index in [4.69, 9.17) is 0 Å². The average molecular weight is 477 g/mol. The molecule has 8 rings (SSSR count). The van der Waals surface area contributed by atoms with Crippen molar-refractivity contribution in [3.8, 4) is 11.4 Å². The number of aliphatic imine (C=N–C) groups is 1. The maximum atomic E-state index is 4.65. The molecule has 0 saturated heterocycles. The van der Waals surface area contributed by atoms with Gasteiger partial charge in [-0.2, -0.15) is 0 Å². The van der Waals surface area contributed by atoms with E-state index in [0.717, 1.165) is 12.2 Å². The van der Waals surface area contributed by atoms with Gasteiger partial charge in [0.1, 0.15) is 6.17 Å². The van der Waals surface area contributed by atoms with E-state index in [1.54, 1.807) is 0 Å². The highest BCUT2D eigenvalue weighted by Crippen LogP contribution is 2.42. The molecule has 1 atom stereocenters. The molecule has 0 spiro atoms. The lowest BCUT2D eigenvalue weighted by atomic mass is 10.0. The Morgan fingerprint density at radius 2 is 1.16 bits per heavy atom. The normalized spacial score (nSPS) is 15.5. The number of hydrogen-bond acceptors (Lipinski definition) is 2. The van der Waals surface area contributed by atoms with E-state index < -0.39 is 0 Å². The van der Waals surface area contributed by atoms with Gasteiger partial charge in [0.25, 0.3) is 0 Å². The Kier molecular flexibility index (Phi) is 4.39. The van der Waals surface area contributed by atoms with E-state index in [1.165, 1.54) is 54.9 Å². The van der Waals surface area contributed by atoms with Crippen LogP contribution in [0, 0.1) is 0 Å². The first-order valence-corrected chi connectivity index (χ1v) is 12.7. The number of aromatic nitrogens is 2. The molecule has 5 aromatic carbocycles. The van der Waals surface area contributed by atoms with Crippen LogP contribution < -0.4 is 5.32 Å². The molecule has 1 N–H and O–H groups in total. The first kappa shape index (κ1) is 20.5. The number of nitrogens with zero attached hydrogens (tertiary/aromatic N) is 3. The molecule has 176 valence electrons. The van der Waals surface area contributed by atoms with E-state index in [0.29, 0.717) is 0 Å². The van der Waals surface area contributed by atoms with Crippen molar-refractivity contribution in [1.82, 2.24) is 14.5 Å². The maximum Gasteiger partial charge on any atom is 0.125 e. The zero-order valence-electron chi connectivity index (χ0n) is 20.2. The molecular formula is C33H24N4. The van der Waals surface area contributed by atoms with Gasteiger partial charge in [-0.3, -0.25) is 10.3 Å². The summed E-state index contributed by atoms with van der Waals surface area (Å²) >= 11 is 0. The third kappa shape index (κ3) is 2.97. The third-order valence-corrected chi connectivity index (χ3v) is 7.59. The van der Waals surface area contributed by atoms with Crippen molar-refractivity contribution in [3.05, 3.63) is 121 Å². The number of rotatable bonds is 3. The molecule has 37 heavy (non-hydrogen) atoms. The summed E-state index contributed by atoms with van der Waals surface area (Å²) in [7, 11) is 0. The van der Waals surface area contributed by atoms with Crippen LogP contribution in [0.5, 0.6) is 0 Å². The van der Waals surface area contributed by atoms with Gasteiger partial charge >= 0.3 is 0 Å². The van der Waals surface area contributed by atoms with Gasteiger partial charge in [0, 0.05) is 45.7 Å².